The molecule has 0 N–H and O–H groups in total. The minimum absolute atomic E-state index is 1.13. The van der Waals surface area contributed by atoms with E-state index in [-0.39, 0.29) is 0 Å². The van der Waals surface area contributed by atoms with Crippen LogP contribution in [-0.4, -0.2) is 0 Å². The van der Waals surface area contributed by atoms with Crippen LogP contribution in [0.4, 0.5) is 0 Å². The third-order valence-corrected chi connectivity index (χ3v) is 2.67. The molecule has 1 aromatic carbocycles. The Morgan fingerprint density at radius 2 is 1.33 bits per heavy atom. The molecule has 1 aromatic rings. The summed E-state index contributed by atoms with van der Waals surface area (Å²) in [5, 5.41) is 0. The first-order chi connectivity index (χ1) is 5.93. The lowest BCUT2D eigenvalue weighted by Gasteiger charge is -2.03. The molecule has 0 atom stereocenters. The van der Waals surface area contributed by atoms with Gasteiger partial charge in [0.2, 0.25) is 0 Å². The highest BCUT2D eigenvalue weighted by Gasteiger charge is 2.11. The lowest BCUT2D eigenvalue weighted by Crippen LogP contribution is -1.87. The van der Waals surface area contributed by atoms with Crippen LogP contribution in [-0.2, 0) is 12.8 Å². The molecular formula is C12H10. The van der Waals surface area contributed by atoms with Gasteiger partial charge in [-0.05, 0) is 41.2 Å². The lowest BCUT2D eigenvalue weighted by atomic mass is 10.0. The van der Waals surface area contributed by atoms with E-state index in [1.165, 1.54) is 22.3 Å². The van der Waals surface area contributed by atoms with Crippen molar-refractivity contribution in [2.45, 2.75) is 12.8 Å². The molecule has 0 spiro atoms. The van der Waals surface area contributed by atoms with Gasteiger partial charge in [0.1, 0.15) is 0 Å². The quantitative estimate of drug-likeness (QED) is 0.539. The maximum atomic E-state index is 2.35. The van der Waals surface area contributed by atoms with Gasteiger partial charge >= 0.3 is 0 Å². The van der Waals surface area contributed by atoms with E-state index in [4.69, 9.17) is 0 Å². The molecule has 2 aliphatic rings. The largest absolute Gasteiger partial charge is 0.0795 e. The molecule has 0 heteroatoms. The van der Waals surface area contributed by atoms with Crippen molar-refractivity contribution in [2.75, 3.05) is 0 Å². The zero-order chi connectivity index (χ0) is 7.97. The molecule has 0 unspecified atom stereocenters. The molecule has 0 fully saturated rings. The molecule has 0 heterocycles. The molecule has 0 radical (unpaired) electrons. The van der Waals surface area contributed by atoms with Gasteiger partial charge in [-0.25, -0.2) is 0 Å². The Morgan fingerprint density at radius 3 is 1.92 bits per heavy atom. The Kier molecular flexibility index (Phi) is 1.09. The molecule has 2 aliphatic carbocycles. The minimum Gasteiger partial charge on any atom is -0.0795 e. The predicted molar refractivity (Wildman–Crippen MR) is 51.9 cm³/mol. The highest BCUT2D eigenvalue weighted by Crippen LogP contribution is 2.27. The highest BCUT2D eigenvalue weighted by atomic mass is 14.2. The van der Waals surface area contributed by atoms with E-state index >= 15 is 0 Å². The Balaban J connectivity index is 2.27. The van der Waals surface area contributed by atoms with Gasteiger partial charge in [0.25, 0.3) is 0 Å². The average Bonchev–Trinajstić information content (AvgIpc) is 2.64. The molecule has 0 aliphatic heterocycles. The van der Waals surface area contributed by atoms with Crippen molar-refractivity contribution in [1.29, 1.82) is 0 Å². The molecule has 3 rings (SSSR count). The van der Waals surface area contributed by atoms with Crippen molar-refractivity contribution in [3.05, 3.63) is 46.5 Å². The third-order valence-electron chi connectivity index (χ3n) is 2.67. The van der Waals surface area contributed by atoms with Crippen molar-refractivity contribution in [3.8, 4) is 0 Å². The van der Waals surface area contributed by atoms with E-state index < -0.39 is 0 Å². The molecule has 0 bridgehead atoms. The Morgan fingerprint density at radius 1 is 0.750 bits per heavy atom. The van der Waals surface area contributed by atoms with E-state index in [1.807, 2.05) is 0 Å². The van der Waals surface area contributed by atoms with Gasteiger partial charge < -0.3 is 0 Å². The fourth-order valence-corrected chi connectivity index (χ4v) is 2.02. The standard InChI is InChI=1S/C12H10/c1-3-9-7-11-5-2-6-12(11)8-10(9)4-1/h1-3,5,7-8H,4,6H2. The number of allylic oxidation sites excluding steroid dienone is 2. The normalized spacial score (nSPS) is 16.7. The third kappa shape index (κ3) is 0.724. The lowest BCUT2D eigenvalue weighted by molar-refractivity contribution is 1.24. The summed E-state index contributed by atoms with van der Waals surface area (Å²) in [6.45, 7) is 0. The summed E-state index contributed by atoms with van der Waals surface area (Å²) in [7, 11) is 0. The van der Waals surface area contributed by atoms with E-state index in [1.54, 1.807) is 0 Å². The summed E-state index contributed by atoms with van der Waals surface area (Å²) in [4.78, 5) is 0. The van der Waals surface area contributed by atoms with E-state index in [9.17, 15) is 0 Å². The summed E-state index contributed by atoms with van der Waals surface area (Å²) in [6.07, 6.45) is 11.2. The van der Waals surface area contributed by atoms with E-state index in [0.29, 0.717) is 0 Å². The summed E-state index contributed by atoms with van der Waals surface area (Å²) < 4.78 is 0. The minimum atomic E-state index is 1.13. The molecule has 58 valence electrons. The van der Waals surface area contributed by atoms with Crippen LogP contribution in [0.3, 0.4) is 0 Å². The summed E-state index contributed by atoms with van der Waals surface area (Å²) in [6, 6.07) is 4.66. The Bertz CT molecular complexity index is 359. The van der Waals surface area contributed by atoms with Gasteiger partial charge in [-0.1, -0.05) is 30.4 Å². The molecule has 0 nitrogen and oxygen atoms in total. The second kappa shape index (κ2) is 2.10. The monoisotopic (exact) mass is 154 g/mol. The van der Waals surface area contributed by atoms with Crippen LogP contribution in [0.15, 0.2) is 24.3 Å². The first-order valence-corrected chi connectivity index (χ1v) is 4.42. The van der Waals surface area contributed by atoms with Crippen LogP contribution >= 0.6 is 0 Å². The molecule has 0 saturated heterocycles. The molecule has 0 amide bonds. The predicted octanol–water partition coefficient (Wildman–Crippen LogP) is 2.83. The van der Waals surface area contributed by atoms with Crippen LogP contribution in [0, 0.1) is 0 Å². The zero-order valence-electron chi connectivity index (χ0n) is 6.88. The number of benzene rings is 1. The molecule has 0 aromatic heterocycles. The zero-order valence-corrected chi connectivity index (χ0v) is 6.88. The topological polar surface area (TPSA) is 0 Å². The molecular weight excluding hydrogens is 144 g/mol. The number of rotatable bonds is 0. The van der Waals surface area contributed by atoms with E-state index in [0.717, 1.165) is 12.8 Å². The maximum Gasteiger partial charge on any atom is -0.00881 e. The SMILES string of the molecule is C1=Cc2cc3c(cc2C1)CC=C3. The van der Waals surface area contributed by atoms with Crippen LogP contribution in [0.25, 0.3) is 12.2 Å². The van der Waals surface area contributed by atoms with Crippen LogP contribution in [0.1, 0.15) is 22.3 Å². The average molecular weight is 154 g/mol. The number of hydrogen-bond acceptors (Lipinski definition) is 0. The van der Waals surface area contributed by atoms with Crippen molar-refractivity contribution >= 4 is 12.2 Å². The van der Waals surface area contributed by atoms with Crippen molar-refractivity contribution < 1.29 is 0 Å². The summed E-state index contributed by atoms with van der Waals surface area (Å²) >= 11 is 0. The molecule has 12 heavy (non-hydrogen) atoms. The fraction of sp³-hybridized carbons (Fsp3) is 0.167. The number of fused-ring (bicyclic) bond motifs is 2. The fourth-order valence-electron chi connectivity index (χ4n) is 2.02. The maximum absolute atomic E-state index is 2.35. The summed E-state index contributed by atoms with van der Waals surface area (Å²) in [5.74, 6) is 0. The highest BCUT2D eigenvalue weighted by molar-refractivity contribution is 5.69. The second-order valence-electron chi connectivity index (χ2n) is 3.46. The van der Waals surface area contributed by atoms with Gasteiger partial charge in [-0.2, -0.15) is 0 Å². The van der Waals surface area contributed by atoms with Crippen molar-refractivity contribution in [2.24, 2.45) is 0 Å². The summed E-state index contributed by atoms with van der Waals surface area (Å²) in [5.41, 5.74) is 5.83. The van der Waals surface area contributed by atoms with Gasteiger partial charge in [-0.3, -0.25) is 0 Å². The second-order valence-corrected chi connectivity index (χ2v) is 3.46. The Labute approximate surface area is 72.2 Å². The van der Waals surface area contributed by atoms with Crippen molar-refractivity contribution in [3.63, 3.8) is 0 Å². The van der Waals surface area contributed by atoms with Crippen LogP contribution in [0.5, 0.6) is 0 Å². The smallest absolute Gasteiger partial charge is 0.00881 e. The van der Waals surface area contributed by atoms with Gasteiger partial charge in [0.15, 0.2) is 0 Å². The van der Waals surface area contributed by atoms with Crippen LogP contribution < -0.4 is 0 Å². The number of hydrogen-bond donors (Lipinski definition) is 0. The van der Waals surface area contributed by atoms with Crippen molar-refractivity contribution in [1.82, 2.24) is 0 Å². The first-order valence-electron chi connectivity index (χ1n) is 4.42. The van der Waals surface area contributed by atoms with Gasteiger partial charge in [0, 0.05) is 0 Å². The van der Waals surface area contributed by atoms with E-state index in [2.05, 4.69) is 36.4 Å². The van der Waals surface area contributed by atoms with Gasteiger partial charge in [0.05, 0.1) is 0 Å². The molecule has 0 saturated carbocycles. The first kappa shape index (κ1) is 6.24. The van der Waals surface area contributed by atoms with Gasteiger partial charge in [-0.15, -0.1) is 0 Å². The Hall–Kier alpha value is -1.30. The van der Waals surface area contributed by atoms with Crippen LogP contribution in [0.2, 0.25) is 0 Å².